The fourth-order valence-corrected chi connectivity index (χ4v) is 8.05. The topological polar surface area (TPSA) is 83.9 Å². The minimum absolute atomic E-state index is 0.0582. The van der Waals surface area contributed by atoms with Crippen LogP contribution in [0.5, 0.6) is 0 Å². The Labute approximate surface area is 162 Å². The highest BCUT2D eigenvalue weighted by Crippen LogP contribution is 2.23. The Kier molecular flexibility index (Phi) is 5.66. The lowest BCUT2D eigenvalue weighted by Crippen LogP contribution is -2.36. The van der Waals surface area contributed by atoms with E-state index in [1.165, 1.54) is 24.3 Å². The van der Waals surface area contributed by atoms with Crippen molar-refractivity contribution in [3.63, 3.8) is 0 Å². The van der Waals surface area contributed by atoms with Crippen molar-refractivity contribution in [3.8, 4) is 0 Å². The van der Waals surface area contributed by atoms with Crippen LogP contribution in [0.25, 0.3) is 0 Å². The maximum Gasteiger partial charge on any atom is 0.289 e. The zero-order valence-electron chi connectivity index (χ0n) is 14.9. The molecule has 2 aromatic carbocycles. The largest absolute Gasteiger partial charge is 0.289 e. The minimum atomic E-state index is -3.96. The van der Waals surface area contributed by atoms with E-state index in [0.29, 0.717) is 0 Å². The van der Waals surface area contributed by atoms with Crippen LogP contribution in [-0.2, 0) is 30.9 Å². The van der Waals surface area contributed by atoms with Crippen LogP contribution in [0.1, 0.15) is 11.1 Å². The summed E-state index contributed by atoms with van der Waals surface area (Å²) in [6.45, 7) is 3.82. The van der Waals surface area contributed by atoms with Crippen LogP contribution >= 0.6 is 0 Å². The Hall–Kier alpha value is -1.81. The van der Waals surface area contributed by atoms with Gasteiger partial charge in [0.15, 0.2) is 0 Å². The summed E-state index contributed by atoms with van der Waals surface area (Å²) < 4.78 is 56.5. The normalized spacial score (nSPS) is 18.7. The van der Waals surface area contributed by atoms with E-state index in [1.807, 2.05) is 13.8 Å². The van der Waals surface area contributed by atoms with Gasteiger partial charge in [-0.05, 0) is 38.1 Å². The second kappa shape index (κ2) is 7.67. The number of sulfonamides is 2. The minimum Gasteiger partial charge on any atom is -0.206 e. The molecule has 0 spiro atoms. The lowest BCUT2D eigenvalue weighted by molar-refractivity contribution is 0.553. The molecular weight excluding hydrogens is 404 g/mol. The van der Waals surface area contributed by atoms with Crippen LogP contribution in [0, 0.1) is 13.8 Å². The zero-order chi connectivity index (χ0) is 19.7. The Morgan fingerprint density at radius 2 is 1.33 bits per heavy atom. The third-order valence-corrected chi connectivity index (χ3v) is 10.1. The molecule has 0 saturated heterocycles. The van der Waals surface area contributed by atoms with Crippen LogP contribution in [-0.4, -0.2) is 32.8 Å². The molecular formula is C18H20N2O4S3. The van der Waals surface area contributed by atoms with Crippen molar-refractivity contribution >= 4 is 30.9 Å². The summed E-state index contributed by atoms with van der Waals surface area (Å²) >= 11 is 0. The predicted octanol–water partition coefficient (Wildman–Crippen LogP) is 2.97. The number of aryl methyl sites for hydroxylation is 2. The van der Waals surface area contributed by atoms with Crippen LogP contribution in [0.3, 0.4) is 0 Å². The fourth-order valence-electron chi connectivity index (χ4n) is 2.46. The third kappa shape index (κ3) is 4.37. The van der Waals surface area contributed by atoms with Crippen LogP contribution in [0.15, 0.2) is 74.2 Å². The maximum absolute atomic E-state index is 13.0. The van der Waals surface area contributed by atoms with E-state index in [9.17, 15) is 16.8 Å². The quantitative estimate of drug-likeness (QED) is 0.707. The second-order valence-electron chi connectivity index (χ2n) is 6.14. The molecule has 9 heteroatoms. The molecule has 1 unspecified atom stereocenters. The Morgan fingerprint density at radius 1 is 0.815 bits per heavy atom. The van der Waals surface area contributed by atoms with Gasteiger partial charge in [0.1, 0.15) is 0 Å². The first kappa shape index (κ1) is 19.9. The standard InChI is InChI=1S/C18H20N2O4S3/c1-15-5-9-17(10-6-15)26(21,22)19-25-14-4-3-13-20(25)27(23,24)18-11-7-16(2)8-12-18/h3-12H,13-14H2,1-2H3. The number of nitrogens with zero attached hydrogens (tertiary/aromatic N) is 2. The third-order valence-electron chi connectivity index (χ3n) is 3.99. The highest BCUT2D eigenvalue weighted by molar-refractivity contribution is 8.06. The molecule has 0 aliphatic carbocycles. The zero-order valence-corrected chi connectivity index (χ0v) is 17.4. The molecule has 1 atom stereocenters. The van der Waals surface area contributed by atoms with Gasteiger partial charge in [-0.3, -0.25) is 0 Å². The molecule has 0 radical (unpaired) electrons. The van der Waals surface area contributed by atoms with Crippen molar-refractivity contribution in [1.82, 2.24) is 3.71 Å². The average Bonchev–Trinajstić information content (AvgIpc) is 2.62. The number of benzene rings is 2. The van der Waals surface area contributed by atoms with E-state index in [-0.39, 0.29) is 22.1 Å². The summed E-state index contributed by atoms with van der Waals surface area (Å²) in [4.78, 5) is 0.187. The molecule has 0 N–H and O–H groups in total. The monoisotopic (exact) mass is 424 g/mol. The number of hydrogen-bond donors (Lipinski definition) is 0. The van der Waals surface area contributed by atoms with Gasteiger partial charge in [-0.15, -0.1) is 7.48 Å². The maximum atomic E-state index is 13.0. The van der Waals surface area contributed by atoms with Crippen molar-refractivity contribution in [1.29, 1.82) is 0 Å². The summed E-state index contributed by atoms with van der Waals surface area (Å²) in [5, 5.41) is 0. The molecule has 1 aliphatic heterocycles. The SMILES string of the molecule is Cc1ccc(S(=O)(=O)N=S2CC=CCN2S(=O)(=O)c2ccc(C)cc2)cc1. The number of rotatable bonds is 4. The molecule has 144 valence electrons. The number of hydrogen-bond acceptors (Lipinski definition) is 4. The van der Waals surface area contributed by atoms with Gasteiger partial charge in [0.25, 0.3) is 20.0 Å². The molecule has 6 nitrogen and oxygen atoms in total. The van der Waals surface area contributed by atoms with Crippen LogP contribution in [0.4, 0.5) is 0 Å². The van der Waals surface area contributed by atoms with Gasteiger partial charge in [0.05, 0.1) is 9.79 Å². The van der Waals surface area contributed by atoms with Gasteiger partial charge in [-0.1, -0.05) is 47.5 Å². The van der Waals surface area contributed by atoms with E-state index in [4.69, 9.17) is 0 Å². The van der Waals surface area contributed by atoms with Crippen LogP contribution < -0.4 is 0 Å². The van der Waals surface area contributed by atoms with Crippen LogP contribution in [0.2, 0.25) is 0 Å². The highest BCUT2D eigenvalue weighted by atomic mass is 32.3. The van der Waals surface area contributed by atoms with Crippen molar-refractivity contribution in [2.24, 2.45) is 3.77 Å². The lowest BCUT2D eigenvalue weighted by atomic mass is 10.2. The molecule has 2 aromatic rings. The van der Waals surface area contributed by atoms with Crippen molar-refractivity contribution in [2.45, 2.75) is 23.6 Å². The molecule has 0 amide bonds. The van der Waals surface area contributed by atoms with E-state index in [0.717, 1.165) is 14.8 Å². The Bertz CT molecular complexity index is 1100. The molecule has 1 heterocycles. The summed E-state index contributed by atoms with van der Waals surface area (Å²) in [5.74, 6) is 0.232. The van der Waals surface area contributed by atoms with Crippen molar-refractivity contribution < 1.29 is 16.8 Å². The second-order valence-corrected chi connectivity index (χ2v) is 11.7. The molecule has 0 fully saturated rings. The van der Waals surface area contributed by atoms with Gasteiger partial charge < -0.3 is 0 Å². The van der Waals surface area contributed by atoms with Gasteiger partial charge >= 0.3 is 0 Å². The van der Waals surface area contributed by atoms with Gasteiger partial charge in [0, 0.05) is 23.2 Å². The van der Waals surface area contributed by atoms with E-state index in [1.54, 1.807) is 36.4 Å². The summed E-state index contributed by atoms with van der Waals surface area (Å²) in [5.41, 5.74) is 1.87. The van der Waals surface area contributed by atoms with E-state index >= 15 is 0 Å². The highest BCUT2D eigenvalue weighted by Gasteiger charge is 2.30. The lowest BCUT2D eigenvalue weighted by Gasteiger charge is -2.25. The Morgan fingerprint density at radius 3 is 1.89 bits per heavy atom. The smallest absolute Gasteiger partial charge is 0.206 e. The Balaban J connectivity index is 2.03. The molecule has 1 aliphatic rings. The fraction of sp³-hybridized carbons (Fsp3) is 0.222. The molecule has 27 heavy (non-hydrogen) atoms. The first-order valence-electron chi connectivity index (χ1n) is 8.20. The van der Waals surface area contributed by atoms with E-state index in [2.05, 4.69) is 3.77 Å². The average molecular weight is 425 g/mol. The predicted molar refractivity (Wildman–Crippen MR) is 107 cm³/mol. The molecule has 0 saturated carbocycles. The first-order valence-corrected chi connectivity index (χ1v) is 12.4. The van der Waals surface area contributed by atoms with Gasteiger partial charge in [-0.25, -0.2) is 8.42 Å². The molecule has 3 rings (SSSR count). The first-order chi connectivity index (χ1) is 12.7. The molecule has 0 aromatic heterocycles. The van der Waals surface area contributed by atoms with Gasteiger partial charge in [-0.2, -0.15) is 8.42 Å². The van der Waals surface area contributed by atoms with Gasteiger partial charge in [0.2, 0.25) is 0 Å². The molecule has 0 bridgehead atoms. The summed E-state index contributed by atoms with van der Waals surface area (Å²) in [6.07, 6.45) is 3.47. The summed E-state index contributed by atoms with van der Waals surface area (Å²) in [7, 11) is -9.15. The van der Waals surface area contributed by atoms with Crippen molar-refractivity contribution in [3.05, 3.63) is 71.8 Å². The summed E-state index contributed by atoms with van der Waals surface area (Å²) in [6, 6.07) is 12.8. The van der Waals surface area contributed by atoms with Crippen molar-refractivity contribution in [2.75, 3.05) is 12.3 Å². The van der Waals surface area contributed by atoms with E-state index < -0.39 is 30.9 Å².